The van der Waals surface area contributed by atoms with E-state index in [1.807, 2.05) is 29.9 Å². The van der Waals surface area contributed by atoms with Crippen LogP contribution in [0.5, 0.6) is 0 Å². The highest BCUT2D eigenvalue weighted by Crippen LogP contribution is 2.34. The first-order valence-electron chi connectivity index (χ1n) is 9.90. The minimum Gasteiger partial charge on any atom is -0.303 e. The van der Waals surface area contributed by atoms with Gasteiger partial charge in [-0.15, -0.1) is 0 Å². The number of carbonyl (C=O) groups is 1. The molecule has 7 heteroatoms. The van der Waals surface area contributed by atoms with Crippen LogP contribution in [0.2, 0.25) is 0 Å². The second-order valence-electron chi connectivity index (χ2n) is 7.64. The summed E-state index contributed by atoms with van der Waals surface area (Å²) >= 11 is 0. The van der Waals surface area contributed by atoms with E-state index >= 15 is 0 Å². The SMILES string of the molecule is CCc1cc2nn(C3CCC(C=O)CC3)cc2cc1-c1cccc(C(F)(F)F)n1. The zero-order valence-corrected chi connectivity index (χ0v) is 16.1. The summed E-state index contributed by atoms with van der Waals surface area (Å²) in [5, 5.41) is 5.60. The van der Waals surface area contributed by atoms with Gasteiger partial charge in [0.1, 0.15) is 12.0 Å². The number of aldehydes is 1. The first-order chi connectivity index (χ1) is 13.9. The number of halogens is 3. The molecular formula is C22H22F3N3O. The van der Waals surface area contributed by atoms with E-state index in [1.165, 1.54) is 6.07 Å². The Hall–Kier alpha value is -2.70. The van der Waals surface area contributed by atoms with Crippen molar-refractivity contribution < 1.29 is 18.0 Å². The second-order valence-corrected chi connectivity index (χ2v) is 7.64. The molecule has 1 aliphatic rings. The van der Waals surface area contributed by atoms with Gasteiger partial charge < -0.3 is 4.79 Å². The Morgan fingerprint density at radius 3 is 2.59 bits per heavy atom. The van der Waals surface area contributed by atoms with E-state index in [-0.39, 0.29) is 12.0 Å². The van der Waals surface area contributed by atoms with Crippen LogP contribution in [0.1, 0.15) is 49.9 Å². The smallest absolute Gasteiger partial charge is 0.303 e. The number of rotatable bonds is 4. The Kier molecular flexibility index (Phi) is 5.15. The summed E-state index contributed by atoms with van der Waals surface area (Å²) in [5.41, 5.74) is 1.88. The monoisotopic (exact) mass is 401 g/mol. The number of carbonyl (C=O) groups excluding carboxylic acids is 1. The summed E-state index contributed by atoms with van der Waals surface area (Å²) in [7, 11) is 0. The maximum atomic E-state index is 13.1. The number of aromatic nitrogens is 3. The lowest BCUT2D eigenvalue weighted by Gasteiger charge is -2.25. The summed E-state index contributed by atoms with van der Waals surface area (Å²) in [5.74, 6) is 0.140. The van der Waals surface area contributed by atoms with Crippen molar-refractivity contribution in [3.63, 3.8) is 0 Å². The molecule has 3 aromatic rings. The van der Waals surface area contributed by atoms with Crippen LogP contribution in [-0.4, -0.2) is 21.1 Å². The van der Waals surface area contributed by atoms with Crippen molar-refractivity contribution in [3.8, 4) is 11.3 Å². The third-order valence-corrected chi connectivity index (χ3v) is 5.75. The molecule has 0 bridgehead atoms. The number of hydrogen-bond donors (Lipinski definition) is 0. The van der Waals surface area contributed by atoms with Gasteiger partial charge in [0, 0.05) is 23.1 Å². The largest absolute Gasteiger partial charge is 0.433 e. The third kappa shape index (κ3) is 3.91. The van der Waals surface area contributed by atoms with Gasteiger partial charge in [-0.1, -0.05) is 13.0 Å². The molecule has 2 heterocycles. The van der Waals surface area contributed by atoms with Crippen LogP contribution in [0.3, 0.4) is 0 Å². The maximum absolute atomic E-state index is 13.1. The van der Waals surface area contributed by atoms with Crippen LogP contribution >= 0.6 is 0 Å². The number of benzene rings is 1. The highest BCUT2D eigenvalue weighted by atomic mass is 19.4. The molecule has 152 valence electrons. The van der Waals surface area contributed by atoms with E-state index in [4.69, 9.17) is 5.10 Å². The molecular weight excluding hydrogens is 379 g/mol. The van der Waals surface area contributed by atoms with E-state index < -0.39 is 11.9 Å². The van der Waals surface area contributed by atoms with E-state index in [1.54, 1.807) is 6.07 Å². The second kappa shape index (κ2) is 7.61. The van der Waals surface area contributed by atoms with Gasteiger partial charge in [0.25, 0.3) is 0 Å². The lowest BCUT2D eigenvalue weighted by molar-refractivity contribution is -0.141. The Morgan fingerprint density at radius 2 is 1.93 bits per heavy atom. The molecule has 1 saturated carbocycles. The minimum absolute atomic E-state index is 0.140. The Labute approximate surface area is 166 Å². The zero-order valence-electron chi connectivity index (χ0n) is 16.1. The lowest BCUT2D eigenvalue weighted by atomic mass is 9.87. The molecule has 0 N–H and O–H groups in total. The molecule has 1 fully saturated rings. The summed E-state index contributed by atoms with van der Waals surface area (Å²) in [4.78, 5) is 14.8. The van der Waals surface area contributed by atoms with Gasteiger partial charge in [-0.3, -0.25) is 4.68 Å². The lowest BCUT2D eigenvalue weighted by Crippen LogP contribution is -2.19. The molecule has 0 atom stereocenters. The number of nitrogens with zero attached hydrogens (tertiary/aromatic N) is 3. The molecule has 2 aromatic heterocycles. The third-order valence-electron chi connectivity index (χ3n) is 5.75. The average molecular weight is 401 g/mol. The Bertz CT molecular complexity index is 1030. The molecule has 0 amide bonds. The van der Waals surface area contributed by atoms with Crippen molar-refractivity contribution in [1.82, 2.24) is 14.8 Å². The van der Waals surface area contributed by atoms with E-state index in [0.717, 1.165) is 54.5 Å². The van der Waals surface area contributed by atoms with Crippen molar-refractivity contribution in [2.45, 2.75) is 51.2 Å². The van der Waals surface area contributed by atoms with Crippen LogP contribution in [-0.2, 0) is 17.4 Å². The summed E-state index contributed by atoms with van der Waals surface area (Å²) in [6.07, 6.45) is 2.72. The van der Waals surface area contributed by atoms with Gasteiger partial charge in [-0.25, -0.2) is 4.98 Å². The van der Waals surface area contributed by atoms with Crippen LogP contribution in [0, 0.1) is 5.92 Å². The zero-order chi connectivity index (χ0) is 20.6. The fourth-order valence-electron chi connectivity index (χ4n) is 4.10. The fraction of sp³-hybridized carbons (Fsp3) is 0.409. The highest BCUT2D eigenvalue weighted by Gasteiger charge is 2.32. The maximum Gasteiger partial charge on any atom is 0.433 e. The van der Waals surface area contributed by atoms with Gasteiger partial charge in [-0.05, 0) is 61.9 Å². The number of pyridine rings is 1. The molecule has 0 aliphatic heterocycles. The quantitative estimate of drug-likeness (QED) is 0.534. The molecule has 1 aliphatic carbocycles. The van der Waals surface area contributed by atoms with Gasteiger partial charge in [0.05, 0.1) is 17.3 Å². The number of alkyl halides is 3. The number of aryl methyl sites for hydroxylation is 1. The molecule has 0 unspecified atom stereocenters. The van der Waals surface area contributed by atoms with Crippen LogP contribution in [0.25, 0.3) is 22.2 Å². The van der Waals surface area contributed by atoms with E-state index in [9.17, 15) is 18.0 Å². The topological polar surface area (TPSA) is 47.8 Å². The Morgan fingerprint density at radius 1 is 1.17 bits per heavy atom. The number of hydrogen-bond acceptors (Lipinski definition) is 3. The predicted molar refractivity (Wildman–Crippen MR) is 104 cm³/mol. The minimum atomic E-state index is -4.47. The molecule has 0 spiro atoms. The molecule has 1 aromatic carbocycles. The van der Waals surface area contributed by atoms with Crippen molar-refractivity contribution in [2.75, 3.05) is 0 Å². The first-order valence-corrected chi connectivity index (χ1v) is 9.90. The van der Waals surface area contributed by atoms with Gasteiger partial charge >= 0.3 is 6.18 Å². The molecule has 0 saturated heterocycles. The van der Waals surface area contributed by atoms with Crippen molar-refractivity contribution in [1.29, 1.82) is 0 Å². The van der Waals surface area contributed by atoms with Crippen molar-refractivity contribution >= 4 is 17.2 Å². The van der Waals surface area contributed by atoms with Crippen molar-refractivity contribution in [2.24, 2.45) is 5.92 Å². The molecule has 0 radical (unpaired) electrons. The highest BCUT2D eigenvalue weighted by molar-refractivity contribution is 5.85. The van der Waals surface area contributed by atoms with Gasteiger partial charge in [-0.2, -0.15) is 18.3 Å². The molecule has 4 rings (SSSR count). The summed E-state index contributed by atoms with van der Waals surface area (Å²) in [6.45, 7) is 1.97. The summed E-state index contributed by atoms with van der Waals surface area (Å²) in [6, 6.07) is 8.07. The van der Waals surface area contributed by atoms with Crippen LogP contribution < -0.4 is 0 Å². The predicted octanol–water partition coefficient (Wildman–Crippen LogP) is 5.61. The number of fused-ring (bicyclic) bond motifs is 1. The fourth-order valence-corrected chi connectivity index (χ4v) is 4.10. The molecule has 29 heavy (non-hydrogen) atoms. The normalized spacial score (nSPS) is 20.1. The van der Waals surface area contributed by atoms with Crippen LogP contribution in [0.15, 0.2) is 36.5 Å². The van der Waals surface area contributed by atoms with Crippen LogP contribution in [0.4, 0.5) is 13.2 Å². The average Bonchev–Trinajstić information content (AvgIpc) is 3.15. The standard InChI is InChI=1S/C22H22F3N3O/c1-2-15-11-20-16(12-28(27-20)17-8-6-14(13-29)7-9-17)10-18(15)19-4-3-5-21(26-19)22(23,24)25/h3-5,10-14,17H,2,6-9H2,1H3. The Balaban J connectivity index is 1.72. The summed E-state index contributed by atoms with van der Waals surface area (Å²) < 4.78 is 41.2. The van der Waals surface area contributed by atoms with Gasteiger partial charge in [0.2, 0.25) is 0 Å². The van der Waals surface area contributed by atoms with E-state index in [0.29, 0.717) is 17.7 Å². The molecule has 4 nitrogen and oxygen atoms in total. The van der Waals surface area contributed by atoms with E-state index in [2.05, 4.69) is 4.98 Å². The van der Waals surface area contributed by atoms with Crippen molar-refractivity contribution in [3.05, 3.63) is 47.8 Å². The first kappa shape index (κ1) is 19.6. The van der Waals surface area contributed by atoms with Gasteiger partial charge in [0.15, 0.2) is 0 Å².